The molecule has 1 N–H and O–H groups in total. The lowest BCUT2D eigenvalue weighted by atomic mass is 10.1. The Kier molecular flexibility index (Phi) is 3.62. The van der Waals surface area contributed by atoms with E-state index in [0.717, 1.165) is 27.5 Å². The number of amides is 1. The first-order valence-electron chi connectivity index (χ1n) is 7.62. The van der Waals surface area contributed by atoms with Crippen LogP contribution in [0.2, 0.25) is 0 Å². The highest BCUT2D eigenvalue weighted by Gasteiger charge is 2.44. The zero-order valence-corrected chi connectivity index (χ0v) is 14.0. The Hall–Kier alpha value is -2.20. The molecule has 2 atom stereocenters. The van der Waals surface area contributed by atoms with Gasteiger partial charge in [-0.2, -0.15) is 0 Å². The Morgan fingerprint density at radius 2 is 1.96 bits per heavy atom. The van der Waals surface area contributed by atoms with Crippen LogP contribution in [0.4, 0.5) is 5.69 Å². The lowest BCUT2D eigenvalue weighted by Gasteiger charge is -2.08. The van der Waals surface area contributed by atoms with Crippen LogP contribution in [0.1, 0.15) is 17.9 Å². The molecule has 1 heterocycles. The molecule has 23 heavy (non-hydrogen) atoms. The number of hydrogen-bond donors (Lipinski definition) is 1. The molecule has 1 aliphatic rings. The van der Waals surface area contributed by atoms with Gasteiger partial charge in [-0.1, -0.05) is 46.3 Å². The van der Waals surface area contributed by atoms with Gasteiger partial charge in [0.05, 0.1) is 11.2 Å². The number of carbonyl (C=O) groups is 1. The highest BCUT2D eigenvalue weighted by Crippen LogP contribution is 2.48. The van der Waals surface area contributed by atoms with E-state index in [4.69, 9.17) is 0 Å². The van der Waals surface area contributed by atoms with Crippen molar-refractivity contribution in [1.82, 2.24) is 4.98 Å². The van der Waals surface area contributed by atoms with Gasteiger partial charge in [-0.15, -0.1) is 0 Å². The number of para-hydroxylation sites is 1. The maximum Gasteiger partial charge on any atom is 0.228 e. The number of benzene rings is 2. The molecule has 0 spiro atoms. The summed E-state index contributed by atoms with van der Waals surface area (Å²) in [6.07, 6.45) is 2.65. The van der Waals surface area contributed by atoms with Gasteiger partial charge >= 0.3 is 0 Å². The first-order valence-corrected chi connectivity index (χ1v) is 8.42. The third-order valence-corrected chi connectivity index (χ3v) is 4.79. The van der Waals surface area contributed by atoms with Gasteiger partial charge in [0.2, 0.25) is 5.91 Å². The summed E-state index contributed by atoms with van der Waals surface area (Å²) in [7, 11) is 0. The largest absolute Gasteiger partial charge is 0.324 e. The number of aromatic nitrogens is 1. The summed E-state index contributed by atoms with van der Waals surface area (Å²) in [4.78, 5) is 16.9. The molecule has 1 aromatic heterocycles. The van der Waals surface area contributed by atoms with Gasteiger partial charge in [0.15, 0.2) is 0 Å². The van der Waals surface area contributed by atoms with E-state index in [-0.39, 0.29) is 11.8 Å². The average molecular weight is 367 g/mol. The summed E-state index contributed by atoms with van der Waals surface area (Å²) in [5.41, 5.74) is 2.84. The predicted molar refractivity (Wildman–Crippen MR) is 95.4 cm³/mol. The number of carbonyl (C=O) groups excluding carboxylic acids is 1. The maximum atomic E-state index is 12.5. The second kappa shape index (κ2) is 5.78. The Balaban J connectivity index is 1.53. The van der Waals surface area contributed by atoms with E-state index in [9.17, 15) is 4.79 Å². The van der Waals surface area contributed by atoms with Crippen LogP contribution >= 0.6 is 15.9 Å². The first-order chi connectivity index (χ1) is 11.2. The van der Waals surface area contributed by atoms with Gasteiger partial charge in [0, 0.05) is 22.0 Å². The highest BCUT2D eigenvalue weighted by molar-refractivity contribution is 9.10. The smallest absolute Gasteiger partial charge is 0.228 e. The lowest BCUT2D eigenvalue weighted by Crippen LogP contribution is -2.15. The molecule has 1 amide bonds. The predicted octanol–water partition coefficient (Wildman–Crippen LogP) is 4.74. The molecule has 2 aromatic carbocycles. The quantitative estimate of drug-likeness (QED) is 0.727. The van der Waals surface area contributed by atoms with Crippen molar-refractivity contribution in [2.24, 2.45) is 5.92 Å². The van der Waals surface area contributed by atoms with Gasteiger partial charge in [0.1, 0.15) is 0 Å². The standard InChI is InChI=1S/C19H15BrN2O/c20-14-7-1-5-13(10-14)15-11-16(15)19(23)22-17-8-2-4-12-6-3-9-21-18(12)17/h1-10,15-16H,11H2,(H,22,23). The summed E-state index contributed by atoms with van der Waals surface area (Å²) in [5.74, 6) is 0.437. The van der Waals surface area contributed by atoms with Crippen molar-refractivity contribution in [3.63, 3.8) is 0 Å². The number of nitrogens with one attached hydrogen (secondary N) is 1. The molecule has 0 saturated heterocycles. The topological polar surface area (TPSA) is 42.0 Å². The van der Waals surface area contributed by atoms with Crippen LogP contribution in [-0.2, 0) is 4.79 Å². The van der Waals surface area contributed by atoms with E-state index < -0.39 is 0 Å². The minimum absolute atomic E-state index is 0.0447. The Bertz CT molecular complexity index is 888. The number of hydrogen-bond acceptors (Lipinski definition) is 2. The summed E-state index contributed by atoms with van der Waals surface area (Å²) < 4.78 is 1.05. The molecule has 0 radical (unpaired) electrons. The van der Waals surface area contributed by atoms with Crippen LogP contribution in [0.3, 0.4) is 0 Å². The summed E-state index contributed by atoms with van der Waals surface area (Å²) in [5, 5.41) is 4.08. The van der Waals surface area contributed by atoms with Crippen molar-refractivity contribution in [2.75, 3.05) is 5.32 Å². The summed E-state index contributed by atoms with van der Waals surface area (Å²) in [6.45, 7) is 0. The molecule has 1 fully saturated rings. The number of rotatable bonds is 3. The van der Waals surface area contributed by atoms with Gasteiger partial charge < -0.3 is 5.32 Å². The van der Waals surface area contributed by atoms with Gasteiger partial charge in [-0.3, -0.25) is 9.78 Å². The second-order valence-corrected chi connectivity index (χ2v) is 6.79. The fourth-order valence-corrected chi connectivity index (χ4v) is 3.44. The van der Waals surface area contributed by atoms with Crippen LogP contribution in [0.25, 0.3) is 10.9 Å². The number of pyridine rings is 1. The van der Waals surface area contributed by atoms with E-state index in [0.29, 0.717) is 5.92 Å². The third-order valence-electron chi connectivity index (χ3n) is 4.29. The van der Waals surface area contributed by atoms with Crippen molar-refractivity contribution < 1.29 is 4.79 Å². The van der Waals surface area contributed by atoms with Crippen molar-refractivity contribution in [2.45, 2.75) is 12.3 Å². The minimum Gasteiger partial charge on any atom is -0.324 e. The zero-order chi connectivity index (χ0) is 15.8. The van der Waals surface area contributed by atoms with Crippen LogP contribution in [-0.4, -0.2) is 10.9 Å². The van der Waals surface area contributed by atoms with Crippen molar-refractivity contribution in [1.29, 1.82) is 0 Å². The molecule has 114 valence electrons. The minimum atomic E-state index is 0.0447. The van der Waals surface area contributed by atoms with Gasteiger partial charge in [-0.25, -0.2) is 0 Å². The molecule has 0 bridgehead atoms. The molecule has 3 aromatic rings. The molecule has 1 aliphatic carbocycles. The molecule has 3 nitrogen and oxygen atoms in total. The second-order valence-electron chi connectivity index (χ2n) is 5.87. The fourth-order valence-electron chi connectivity index (χ4n) is 3.02. The SMILES string of the molecule is O=C(Nc1cccc2cccnc12)C1CC1c1cccc(Br)c1. The molecule has 0 aliphatic heterocycles. The third kappa shape index (κ3) is 2.86. The highest BCUT2D eigenvalue weighted by atomic mass is 79.9. The monoisotopic (exact) mass is 366 g/mol. The molecular formula is C19H15BrN2O. The Morgan fingerprint density at radius 1 is 1.13 bits per heavy atom. The van der Waals surface area contributed by atoms with E-state index in [1.807, 2.05) is 42.5 Å². The van der Waals surface area contributed by atoms with Gasteiger partial charge in [0.25, 0.3) is 0 Å². The van der Waals surface area contributed by atoms with E-state index >= 15 is 0 Å². The van der Waals surface area contributed by atoms with E-state index in [1.165, 1.54) is 5.56 Å². The number of nitrogens with zero attached hydrogens (tertiary/aromatic N) is 1. The first kappa shape index (κ1) is 14.4. The Morgan fingerprint density at radius 3 is 2.83 bits per heavy atom. The number of anilines is 1. The van der Waals surface area contributed by atoms with E-state index in [1.54, 1.807) is 6.20 Å². The summed E-state index contributed by atoms with van der Waals surface area (Å²) in [6, 6.07) is 17.9. The van der Waals surface area contributed by atoms with Crippen LogP contribution < -0.4 is 5.32 Å². The molecular weight excluding hydrogens is 352 g/mol. The van der Waals surface area contributed by atoms with Crippen molar-refractivity contribution in [3.8, 4) is 0 Å². The number of halogens is 1. The fraction of sp³-hybridized carbons (Fsp3) is 0.158. The summed E-state index contributed by atoms with van der Waals surface area (Å²) >= 11 is 3.49. The van der Waals surface area contributed by atoms with Crippen LogP contribution in [0.5, 0.6) is 0 Å². The Labute approximate surface area is 142 Å². The van der Waals surface area contributed by atoms with Crippen LogP contribution in [0.15, 0.2) is 65.3 Å². The number of fused-ring (bicyclic) bond motifs is 1. The molecule has 2 unspecified atom stereocenters. The van der Waals surface area contributed by atoms with Crippen LogP contribution in [0, 0.1) is 5.92 Å². The lowest BCUT2D eigenvalue weighted by molar-refractivity contribution is -0.117. The molecule has 1 saturated carbocycles. The van der Waals surface area contributed by atoms with Crippen molar-refractivity contribution >= 4 is 38.4 Å². The van der Waals surface area contributed by atoms with Crippen molar-refractivity contribution in [3.05, 3.63) is 70.8 Å². The van der Waals surface area contributed by atoms with Gasteiger partial charge in [-0.05, 0) is 42.2 Å². The zero-order valence-electron chi connectivity index (χ0n) is 12.4. The maximum absolute atomic E-state index is 12.5. The average Bonchev–Trinajstić information content (AvgIpc) is 3.36. The molecule has 4 heteroatoms. The normalized spacial score (nSPS) is 19.5. The van der Waals surface area contributed by atoms with E-state index in [2.05, 4.69) is 38.4 Å². The molecule has 4 rings (SSSR count).